The number of ketones is 1. The largest absolute Gasteiger partial charge is 0.497 e. The maximum Gasteiger partial charge on any atom is 0.143 e. The summed E-state index contributed by atoms with van der Waals surface area (Å²) >= 11 is 0. The third-order valence-corrected chi connectivity index (χ3v) is 3.56. The van der Waals surface area contributed by atoms with Crippen molar-refractivity contribution in [1.29, 1.82) is 0 Å². The lowest BCUT2D eigenvalue weighted by atomic mass is 9.71. The van der Waals surface area contributed by atoms with Crippen molar-refractivity contribution in [2.45, 2.75) is 32.1 Å². The fourth-order valence-corrected chi connectivity index (χ4v) is 2.53. The Balaban J connectivity index is 2.66. The van der Waals surface area contributed by atoms with E-state index in [1.54, 1.807) is 14.2 Å². The van der Waals surface area contributed by atoms with Gasteiger partial charge in [-0.2, -0.15) is 0 Å². The zero-order valence-corrected chi connectivity index (χ0v) is 10.8. The number of Topliss-reactive ketones (excluding diaryl/α,β-unsaturated/α-hetero) is 1. The van der Waals surface area contributed by atoms with Gasteiger partial charge in [0.05, 0.1) is 19.6 Å². The van der Waals surface area contributed by atoms with Gasteiger partial charge in [-0.1, -0.05) is 0 Å². The maximum absolute atomic E-state index is 12.0. The fourth-order valence-electron chi connectivity index (χ4n) is 2.53. The molecular formula is C14H18O3. The average molecular weight is 234 g/mol. The van der Waals surface area contributed by atoms with Gasteiger partial charge in [0, 0.05) is 18.1 Å². The first-order chi connectivity index (χ1) is 8.00. The Morgan fingerprint density at radius 1 is 1.12 bits per heavy atom. The van der Waals surface area contributed by atoms with E-state index in [-0.39, 0.29) is 5.78 Å². The van der Waals surface area contributed by atoms with Gasteiger partial charge in [-0.05, 0) is 31.9 Å². The highest BCUT2D eigenvalue weighted by Crippen LogP contribution is 2.42. The number of hydrogen-bond acceptors (Lipinski definition) is 3. The molecule has 0 bridgehead atoms. The number of ether oxygens (including phenoxy) is 2. The normalized spacial score (nSPS) is 17.5. The quantitative estimate of drug-likeness (QED) is 0.788. The van der Waals surface area contributed by atoms with Crippen LogP contribution in [-0.2, 0) is 16.6 Å². The van der Waals surface area contributed by atoms with Crippen molar-refractivity contribution in [2.24, 2.45) is 0 Å². The van der Waals surface area contributed by atoms with Gasteiger partial charge in [0.15, 0.2) is 0 Å². The second-order valence-electron chi connectivity index (χ2n) is 4.91. The number of benzene rings is 1. The standard InChI is InChI=1S/C14H18O3/c1-14(2)12(15)6-5-9-7-10(16-3)8-11(17-4)13(9)14/h7-8H,5-6H2,1-4H3. The zero-order valence-electron chi connectivity index (χ0n) is 10.8. The van der Waals surface area contributed by atoms with Crippen LogP contribution in [0.4, 0.5) is 0 Å². The van der Waals surface area contributed by atoms with Crippen molar-refractivity contribution < 1.29 is 14.3 Å². The maximum atomic E-state index is 12.0. The first kappa shape index (κ1) is 12.0. The summed E-state index contributed by atoms with van der Waals surface area (Å²) in [5.74, 6) is 1.80. The van der Waals surface area contributed by atoms with Gasteiger partial charge in [-0.15, -0.1) is 0 Å². The van der Waals surface area contributed by atoms with E-state index < -0.39 is 5.41 Å². The minimum absolute atomic E-state index is 0.272. The third kappa shape index (κ3) is 1.79. The summed E-state index contributed by atoms with van der Waals surface area (Å²) in [4.78, 5) is 12.0. The number of carbonyl (C=O) groups is 1. The van der Waals surface area contributed by atoms with Crippen LogP contribution in [-0.4, -0.2) is 20.0 Å². The summed E-state index contributed by atoms with van der Waals surface area (Å²) in [6, 6.07) is 3.85. The van der Waals surface area contributed by atoms with E-state index in [0.29, 0.717) is 6.42 Å². The Kier molecular flexibility index (Phi) is 2.86. The summed E-state index contributed by atoms with van der Waals surface area (Å²) in [6.07, 6.45) is 1.36. The minimum Gasteiger partial charge on any atom is -0.497 e. The molecule has 0 saturated carbocycles. The predicted octanol–water partition coefficient (Wildman–Crippen LogP) is 2.50. The number of carbonyl (C=O) groups excluding carboxylic acids is 1. The van der Waals surface area contributed by atoms with E-state index in [9.17, 15) is 4.79 Å². The molecule has 3 nitrogen and oxygen atoms in total. The van der Waals surface area contributed by atoms with Crippen molar-refractivity contribution in [3.05, 3.63) is 23.3 Å². The Bertz CT molecular complexity index is 444. The molecule has 0 atom stereocenters. The van der Waals surface area contributed by atoms with Gasteiger partial charge in [-0.3, -0.25) is 4.79 Å². The fraction of sp³-hybridized carbons (Fsp3) is 0.500. The Hall–Kier alpha value is -1.51. The van der Waals surface area contributed by atoms with Gasteiger partial charge in [0.2, 0.25) is 0 Å². The van der Waals surface area contributed by atoms with Gasteiger partial charge >= 0.3 is 0 Å². The third-order valence-electron chi connectivity index (χ3n) is 3.56. The Morgan fingerprint density at radius 3 is 2.41 bits per heavy atom. The number of fused-ring (bicyclic) bond motifs is 1. The van der Waals surface area contributed by atoms with E-state index in [1.807, 2.05) is 26.0 Å². The lowest BCUT2D eigenvalue weighted by Gasteiger charge is -2.32. The van der Waals surface area contributed by atoms with Crippen molar-refractivity contribution in [2.75, 3.05) is 14.2 Å². The molecule has 0 amide bonds. The van der Waals surface area contributed by atoms with Crippen LogP contribution in [0.25, 0.3) is 0 Å². The summed E-state index contributed by atoms with van der Waals surface area (Å²) < 4.78 is 10.7. The minimum atomic E-state index is -0.467. The summed E-state index contributed by atoms with van der Waals surface area (Å²) in [5.41, 5.74) is 1.70. The molecule has 2 rings (SSSR count). The molecule has 92 valence electrons. The van der Waals surface area contributed by atoms with Crippen LogP contribution < -0.4 is 9.47 Å². The lowest BCUT2D eigenvalue weighted by Crippen LogP contribution is -2.34. The molecule has 1 aliphatic carbocycles. The van der Waals surface area contributed by atoms with E-state index in [0.717, 1.165) is 29.0 Å². The second-order valence-corrected chi connectivity index (χ2v) is 4.91. The van der Waals surface area contributed by atoms with Crippen LogP contribution in [0.15, 0.2) is 12.1 Å². The number of aryl methyl sites for hydroxylation is 1. The molecule has 17 heavy (non-hydrogen) atoms. The Morgan fingerprint density at radius 2 is 1.82 bits per heavy atom. The van der Waals surface area contributed by atoms with Crippen molar-refractivity contribution in [1.82, 2.24) is 0 Å². The molecule has 1 aliphatic rings. The molecule has 0 aromatic heterocycles. The van der Waals surface area contributed by atoms with E-state index >= 15 is 0 Å². The second kappa shape index (κ2) is 4.06. The van der Waals surface area contributed by atoms with Crippen LogP contribution >= 0.6 is 0 Å². The highest BCUT2D eigenvalue weighted by Gasteiger charge is 2.38. The summed E-state index contributed by atoms with van der Waals surface area (Å²) in [7, 11) is 3.27. The van der Waals surface area contributed by atoms with Crippen LogP contribution in [0.5, 0.6) is 11.5 Å². The summed E-state index contributed by atoms with van der Waals surface area (Å²) in [5, 5.41) is 0. The molecule has 0 unspecified atom stereocenters. The monoisotopic (exact) mass is 234 g/mol. The van der Waals surface area contributed by atoms with Crippen LogP contribution in [0.3, 0.4) is 0 Å². The lowest BCUT2D eigenvalue weighted by molar-refractivity contribution is -0.124. The van der Waals surface area contributed by atoms with E-state index in [4.69, 9.17) is 9.47 Å². The first-order valence-corrected chi connectivity index (χ1v) is 5.79. The van der Waals surface area contributed by atoms with E-state index in [1.165, 1.54) is 0 Å². The molecule has 0 N–H and O–H groups in total. The molecule has 3 heteroatoms. The number of rotatable bonds is 2. The van der Waals surface area contributed by atoms with Crippen molar-refractivity contribution in [3.63, 3.8) is 0 Å². The molecule has 0 radical (unpaired) electrons. The smallest absolute Gasteiger partial charge is 0.143 e. The number of methoxy groups -OCH3 is 2. The van der Waals surface area contributed by atoms with Gasteiger partial charge < -0.3 is 9.47 Å². The highest BCUT2D eigenvalue weighted by molar-refractivity contribution is 5.92. The Labute approximate surface area is 102 Å². The molecule has 0 fully saturated rings. The topological polar surface area (TPSA) is 35.5 Å². The summed E-state index contributed by atoms with van der Waals surface area (Å²) in [6.45, 7) is 3.92. The zero-order chi connectivity index (χ0) is 12.6. The molecule has 0 saturated heterocycles. The molecule has 1 aromatic rings. The van der Waals surface area contributed by atoms with Crippen LogP contribution in [0.2, 0.25) is 0 Å². The number of hydrogen-bond donors (Lipinski definition) is 0. The van der Waals surface area contributed by atoms with Crippen molar-refractivity contribution >= 4 is 5.78 Å². The van der Waals surface area contributed by atoms with E-state index in [2.05, 4.69) is 0 Å². The first-order valence-electron chi connectivity index (χ1n) is 5.79. The SMILES string of the molecule is COc1cc2c(c(OC)c1)C(C)(C)C(=O)CC2. The molecule has 0 aliphatic heterocycles. The van der Waals surface area contributed by atoms with Gasteiger partial charge in [-0.25, -0.2) is 0 Å². The molecule has 0 spiro atoms. The molecule has 1 aromatic carbocycles. The average Bonchev–Trinajstić information content (AvgIpc) is 2.32. The van der Waals surface area contributed by atoms with Gasteiger partial charge in [0.1, 0.15) is 17.3 Å². The highest BCUT2D eigenvalue weighted by atomic mass is 16.5. The molecule has 0 heterocycles. The van der Waals surface area contributed by atoms with Crippen LogP contribution in [0, 0.1) is 0 Å². The van der Waals surface area contributed by atoms with Crippen molar-refractivity contribution in [3.8, 4) is 11.5 Å². The molecular weight excluding hydrogens is 216 g/mol. The van der Waals surface area contributed by atoms with Crippen LogP contribution in [0.1, 0.15) is 31.4 Å². The predicted molar refractivity (Wildman–Crippen MR) is 65.9 cm³/mol. The van der Waals surface area contributed by atoms with Gasteiger partial charge in [0.25, 0.3) is 0 Å².